The van der Waals surface area contributed by atoms with Gasteiger partial charge in [0, 0.05) is 12.6 Å². The molecular formula is C10H15NOS. The van der Waals surface area contributed by atoms with E-state index in [9.17, 15) is 4.79 Å². The van der Waals surface area contributed by atoms with E-state index in [0.717, 1.165) is 23.6 Å². The van der Waals surface area contributed by atoms with E-state index in [1.807, 2.05) is 4.90 Å². The largest absolute Gasteiger partial charge is 0.332 e. The van der Waals surface area contributed by atoms with Crippen molar-refractivity contribution in [3.05, 3.63) is 10.5 Å². The normalized spacial score (nSPS) is 23.0. The topological polar surface area (TPSA) is 20.3 Å². The fraction of sp³-hybridized carbons (Fsp3) is 0.700. The van der Waals surface area contributed by atoms with Crippen molar-refractivity contribution in [2.24, 2.45) is 0 Å². The van der Waals surface area contributed by atoms with Crippen LogP contribution in [-0.4, -0.2) is 29.1 Å². The lowest BCUT2D eigenvalue weighted by molar-refractivity contribution is -0.126. The van der Waals surface area contributed by atoms with Crippen LogP contribution >= 0.6 is 11.8 Å². The summed E-state index contributed by atoms with van der Waals surface area (Å²) < 4.78 is 0. The number of nitrogens with zero attached hydrogens (tertiary/aromatic N) is 1. The second-order valence-electron chi connectivity index (χ2n) is 3.91. The molecule has 0 atom stereocenters. The zero-order valence-electron chi connectivity index (χ0n) is 8.17. The molecule has 0 aromatic heterocycles. The smallest absolute Gasteiger partial charge is 0.260 e. The third-order valence-corrected chi connectivity index (χ3v) is 3.87. The first-order valence-corrected chi connectivity index (χ1v) is 5.84. The van der Waals surface area contributed by atoms with Crippen LogP contribution in [0.5, 0.6) is 0 Å². The molecule has 0 N–H and O–H groups in total. The Morgan fingerprint density at radius 2 is 2.23 bits per heavy atom. The van der Waals surface area contributed by atoms with Crippen LogP contribution in [0.15, 0.2) is 10.5 Å². The van der Waals surface area contributed by atoms with Gasteiger partial charge in [-0.25, -0.2) is 0 Å². The minimum Gasteiger partial charge on any atom is -0.332 e. The molecule has 2 aliphatic heterocycles. The number of carbonyl (C=O) groups excluding carboxylic acids is 1. The Balaban J connectivity index is 2.19. The number of hydrogen-bond donors (Lipinski definition) is 0. The van der Waals surface area contributed by atoms with Crippen molar-refractivity contribution in [1.29, 1.82) is 0 Å². The van der Waals surface area contributed by atoms with Crippen LogP contribution in [0.2, 0.25) is 0 Å². The van der Waals surface area contributed by atoms with Crippen LogP contribution in [0, 0.1) is 0 Å². The molecule has 2 heterocycles. The van der Waals surface area contributed by atoms with Crippen molar-refractivity contribution >= 4 is 17.7 Å². The monoisotopic (exact) mass is 197 g/mol. The summed E-state index contributed by atoms with van der Waals surface area (Å²) in [4.78, 5) is 14.9. The lowest BCUT2D eigenvalue weighted by atomic mass is 10.1. The van der Waals surface area contributed by atoms with Crippen LogP contribution in [0.3, 0.4) is 0 Å². The predicted octanol–water partition coefficient (Wildman–Crippen LogP) is 2.02. The second-order valence-corrected chi connectivity index (χ2v) is 5.02. The first-order valence-electron chi connectivity index (χ1n) is 4.86. The van der Waals surface area contributed by atoms with E-state index in [0.29, 0.717) is 6.04 Å². The minimum absolute atomic E-state index is 0.273. The summed E-state index contributed by atoms with van der Waals surface area (Å²) in [5.41, 5.74) is 1.38. The van der Waals surface area contributed by atoms with Gasteiger partial charge in [-0.05, 0) is 38.0 Å². The van der Waals surface area contributed by atoms with E-state index in [1.165, 1.54) is 12.0 Å². The van der Waals surface area contributed by atoms with Crippen LogP contribution in [-0.2, 0) is 4.79 Å². The standard InChI is InChI=1S/C10H15NOS/c1-7(2)11-6-8-4-3-5-13-9(8)10(11)12/h7H,3-6H2,1-2H3. The van der Waals surface area contributed by atoms with Gasteiger partial charge in [-0.2, -0.15) is 0 Å². The van der Waals surface area contributed by atoms with Gasteiger partial charge in [0.25, 0.3) is 5.91 Å². The molecule has 0 aromatic rings. The highest BCUT2D eigenvalue weighted by Crippen LogP contribution is 2.36. The highest BCUT2D eigenvalue weighted by molar-refractivity contribution is 8.04. The van der Waals surface area contributed by atoms with Crippen molar-refractivity contribution in [3.63, 3.8) is 0 Å². The van der Waals surface area contributed by atoms with Gasteiger partial charge < -0.3 is 4.90 Å². The molecule has 0 aromatic carbocycles. The molecule has 0 fully saturated rings. The van der Waals surface area contributed by atoms with Gasteiger partial charge in [-0.15, -0.1) is 11.8 Å². The summed E-state index contributed by atoms with van der Waals surface area (Å²) in [7, 11) is 0. The van der Waals surface area contributed by atoms with Gasteiger partial charge in [0.1, 0.15) is 0 Å². The Hall–Kier alpha value is -0.440. The lowest BCUT2D eigenvalue weighted by Crippen LogP contribution is -2.33. The number of rotatable bonds is 1. The van der Waals surface area contributed by atoms with Crippen molar-refractivity contribution < 1.29 is 4.79 Å². The van der Waals surface area contributed by atoms with Crippen molar-refractivity contribution in [1.82, 2.24) is 4.90 Å². The molecular weight excluding hydrogens is 182 g/mol. The maximum absolute atomic E-state index is 11.8. The third kappa shape index (κ3) is 1.50. The third-order valence-electron chi connectivity index (χ3n) is 2.63. The zero-order chi connectivity index (χ0) is 9.42. The Morgan fingerprint density at radius 1 is 1.46 bits per heavy atom. The van der Waals surface area contributed by atoms with Gasteiger partial charge in [-0.1, -0.05) is 0 Å². The van der Waals surface area contributed by atoms with Crippen LogP contribution in [0.4, 0.5) is 0 Å². The Bertz CT molecular complexity index is 270. The summed E-state index contributed by atoms with van der Waals surface area (Å²) in [6.45, 7) is 5.06. The molecule has 0 radical (unpaired) electrons. The number of thioether (sulfide) groups is 1. The van der Waals surface area contributed by atoms with Crippen LogP contribution in [0.1, 0.15) is 26.7 Å². The first-order chi connectivity index (χ1) is 6.20. The number of amides is 1. The zero-order valence-corrected chi connectivity index (χ0v) is 8.99. The molecule has 0 saturated carbocycles. The lowest BCUT2D eigenvalue weighted by Gasteiger charge is -2.20. The fourth-order valence-corrected chi connectivity index (χ4v) is 2.97. The van der Waals surface area contributed by atoms with Crippen molar-refractivity contribution in [2.75, 3.05) is 12.3 Å². The van der Waals surface area contributed by atoms with Gasteiger partial charge in [0.05, 0.1) is 4.91 Å². The number of carbonyl (C=O) groups is 1. The van der Waals surface area contributed by atoms with Crippen molar-refractivity contribution in [3.8, 4) is 0 Å². The number of hydrogen-bond acceptors (Lipinski definition) is 2. The molecule has 0 aliphatic carbocycles. The molecule has 72 valence electrons. The highest BCUT2D eigenvalue weighted by atomic mass is 32.2. The molecule has 2 rings (SSSR count). The first kappa shape index (κ1) is 9.13. The molecule has 0 spiro atoms. The summed E-state index contributed by atoms with van der Waals surface area (Å²) in [5.74, 6) is 1.39. The van der Waals surface area contributed by atoms with Crippen LogP contribution < -0.4 is 0 Å². The van der Waals surface area contributed by atoms with E-state index in [2.05, 4.69) is 13.8 Å². The molecule has 3 heteroatoms. The van der Waals surface area contributed by atoms with Gasteiger partial charge in [0.2, 0.25) is 0 Å². The maximum atomic E-state index is 11.8. The van der Waals surface area contributed by atoms with Gasteiger partial charge >= 0.3 is 0 Å². The fourth-order valence-electron chi connectivity index (χ4n) is 1.86. The van der Waals surface area contributed by atoms with E-state index >= 15 is 0 Å². The average molecular weight is 197 g/mol. The summed E-state index contributed by atoms with van der Waals surface area (Å²) >= 11 is 1.75. The van der Waals surface area contributed by atoms with E-state index in [-0.39, 0.29) is 5.91 Å². The quantitative estimate of drug-likeness (QED) is 0.641. The van der Waals surface area contributed by atoms with Gasteiger partial charge in [0.15, 0.2) is 0 Å². The Labute approximate surface area is 83.4 Å². The maximum Gasteiger partial charge on any atom is 0.260 e. The van der Waals surface area contributed by atoms with E-state index in [4.69, 9.17) is 0 Å². The Kier molecular flexibility index (Phi) is 2.37. The minimum atomic E-state index is 0.273. The summed E-state index contributed by atoms with van der Waals surface area (Å²) in [6.07, 6.45) is 2.38. The second kappa shape index (κ2) is 3.37. The molecule has 2 nitrogen and oxygen atoms in total. The molecule has 13 heavy (non-hydrogen) atoms. The summed E-state index contributed by atoms with van der Waals surface area (Å²) in [6, 6.07) is 0.346. The molecule has 1 amide bonds. The predicted molar refractivity (Wildman–Crippen MR) is 55.6 cm³/mol. The summed E-state index contributed by atoms with van der Waals surface area (Å²) in [5, 5.41) is 0. The SMILES string of the molecule is CC(C)N1CC2=C(SCCC2)C1=O. The van der Waals surface area contributed by atoms with Crippen LogP contribution in [0.25, 0.3) is 0 Å². The van der Waals surface area contributed by atoms with E-state index in [1.54, 1.807) is 11.8 Å². The van der Waals surface area contributed by atoms with Gasteiger partial charge in [-0.3, -0.25) is 4.79 Å². The molecule has 0 unspecified atom stereocenters. The molecule has 0 bridgehead atoms. The molecule has 2 aliphatic rings. The Morgan fingerprint density at radius 3 is 2.85 bits per heavy atom. The van der Waals surface area contributed by atoms with E-state index < -0.39 is 0 Å². The molecule has 0 saturated heterocycles. The highest BCUT2D eigenvalue weighted by Gasteiger charge is 2.33. The van der Waals surface area contributed by atoms with Crippen molar-refractivity contribution in [2.45, 2.75) is 32.7 Å². The average Bonchev–Trinajstić information content (AvgIpc) is 2.45.